The molecule has 1 aromatic heterocycles. The first kappa shape index (κ1) is 17.9. The summed E-state index contributed by atoms with van der Waals surface area (Å²) in [6.07, 6.45) is 1.20. The Labute approximate surface area is 138 Å². The van der Waals surface area contributed by atoms with Gasteiger partial charge >= 0.3 is 5.69 Å². The average Bonchev–Trinajstić information content (AvgIpc) is 2.67. The van der Waals surface area contributed by atoms with Gasteiger partial charge in [0.05, 0.1) is 0 Å². The molecule has 0 spiro atoms. The molecule has 0 bridgehead atoms. The number of aromatic amines is 1. The Morgan fingerprint density at radius 3 is 2.67 bits per heavy atom. The highest BCUT2D eigenvalue weighted by atomic mass is 16.2. The van der Waals surface area contributed by atoms with E-state index in [2.05, 4.69) is 12.2 Å². The van der Waals surface area contributed by atoms with Gasteiger partial charge in [-0.1, -0.05) is 6.92 Å². The Bertz CT molecular complexity index is 738. The molecule has 1 fully saturated rings. The second kappa shape index (κ2) is 7.43. The number of aromatic nitrogens is 2. The molecule has 1 aliphatic heterocycles. The first-order valence-electron chi connectivity index (χ1n) is 7.93. The summed E-state index contributed by atoms with van der Waals surface area (Å²) < 4.78 is 1.13. The van der Waals surface area contributed by atoms with Crippen molar-refractivity contribution < 1.29 is 9.59 Å². The van der Waals surface area contributed by atoms with Crippen LogP contribution in [0.3, 0.4) is 0 Å². The molecular formula is C15H23N5O4. The van der Waals surface area contributed by atoms with Crippen LogP contribution in [0.15, 0.2) is 15.8 Å². The third-order valence-electron chi connectivity index (χ3n) is 4.14. The van der Waals surface area contributed by atoms with Crippen molar-refractivity contribution in [1.29, 1.82) is 0 Å². The number of nitrogens with two attached hydrogens (primary N) is 1. The summed E-state index contributed by atoms with van der Waals surface area (Å²) in [6, 6.07) is 0.0657. The number of aryl methyl sites for hydroxylation is 1. The molecule has 1 aliphatic rings. The number of amides is 2. The minimum atomic E-state index is -0.919. The third kappa shape index (κ3) is 4.10. The molecule has 4 N–H and O–H groups in total. The Hall–Kier alpha value is -2.42. The van der Waals surface area contributed by atoms with Crippen LogP contribution < -0.4 is 22.3 Å². The predicted molar refractivity (Wildman–Crippen MR) is 87.7 cm³/mol. The molecule has 2 heterocycles. The van der Waals surface area contributed by atoms with Crippen molar-refractivity contribution in [2.24, 2.45) is 11.7 Å². The number of hydrogen-bond donors (Lipinski definition) is 3. The first-order valence-corrected chi connectivity index (χ1v) is 7.93. The highest BCUT2D eigenvalue weighted by Gasteiger charge is 2.24. The van der Waals surface area contributed by atoms with E-state index in [1.165, 1.54) is 0 Å². The summed E-state index contributed by atoms with van der Waals surface area (Å²) in [7, 11) is 0. The van der Waals surface area contributed by atoms with Crippen LogP contribution in [0.4, 0.5) is 0 Å². The van der Waals surface area contributed by atoms with Crippen molar-refractivity contribution in [3.63, 3.8) is 0 Å². The molecule has 1 saturated heterocycles. The van der Waals surface area contributed by atoms with Crippen LogP contribution in [0.1, 0.15) is 30.6 Å². The summed E-state index contributed by atoms with van der Waals surface area (Å²) in [5.74, 6) is -0.648. The topological polar surface area (TPSA) is 130 Å². The number of nitrogens with one attached hydrogen (secondary N) is 2. The number of nitrogens with zero attached hydrogens (tertiary/aromatic N) is 2. The van der Waals surface area contributed by atoms with E-state index in [-0.39, 0.29) is 30.5 Å². The van der Waals surface area contributed by atoms with E-state index in [4.69, 9.17) is 5.73 Å². The van der Waals surface area contributed by atoms with E-state index in [1.54, 1.807) is 4.90 Å². The van der Waals surface area contributed by atoms with E-state index in [0.29, 0.717) is 12.5 Å². The summed E-state index contributed by atoms with van der Waals surface area (Å²) in [6.45, 7) is 6.34. The summed E-state index contributed by atoms with van der Waals surface area (Å²) >= 11 is 0. The molecule has 24 heavy (non-hydrogen) atoms. The maximum absolute atomic E-state index is 12.5. The monoisotopic (exact) mass is 337 g/mol. The zero-order chi connectivity index (χ0) is 17.9. The normalized spacial score (nSPS) is 21.3. The highest BCUT2D eigenvalue weighted by molar-refractivity contribution is 5.91. The molecule has 9 heteroatoms. The van der Waals surface area contributed by atoms with Crippen molar-refractivity contribution in [3.05, 3.63) is 32.6 Å². The van der Waals surface area contributed by atoms with E-state index in [1.807, 2.05) is 11.9 Å². The second-order valence-electron chi connectivity index (χ2n) is 6.27. The van der Waals surface area contributed by atoms with Gasteiger partial charge in [-0.25, -0.2) is 4.79 Å². The van der Waals surface area contributed by atoms with Gasteiger partial charge < -0.3 is 16.0 Å². The van der Waals surface area contributed by atoms with Crippen LogP contribution in [-0.2, 0) is 11.3 Å². The van der Waals surface area contributed by atoms with Crippen LogP contribution in [0.25, 0.3) is 0 Å². The third-order valence-corrected chi connectivity index (χ3v) is 4.14. The molecule has 9 nitrogen and oxygen atoms in total. The molecule has 0 radical (unpaired) electrons. The van der Waals surface area contributed by atoms with Crippen molar-refractivity contribution in [1.82, 2.24) is 19.8 Å². The van der Waals surface area contributed by atoms with E-state index in [0.717, 1.165) is 23.9 Å². The molecular weight excluding hydrogens is 314 g/mol. The lowest BCUT2D eigenvalue weighted by molar-refractivity contribution is -0.133. The van der Waals surface area contributed by atoms with Gasteiger partial charge in [0.1, 0.15) is 5.56 Å². The molecule has 132 valence electrons. The number of primary amides is 1. The zero-order valence-corrected chi connectivity index (χ0v) is 13.9. The second-order valence-corrected chi connectivity index (χ2v) is 6.27. The van der Waals surface area contributed by atoms with Gasteiger partial charge in [0.25, 0.3) is 11.5 Å². The summed E-state index contributed by atoms with van der Waals surface area (Å²) in [4.78, 5) is 50.8. The van der Waals surface area contributed by atoms with E-state index >= 15 is 0 Å². The molecule has 2 unspecified atom stereocenters. The van der Waals surface area contributed by atoms with Crippen molar-refractivity contribution in [2.45, 2.75) is 32.9 Å². The summed E-state index contributed by atoms with van der Waals surface area (Å²) in [5.41, 5.74) is 3.31. The molecule has 2 atom stereocenters. The Kier molecular flexibility index (Phi) is 5.55. The first-order chi connectivity index (χ1) is 11.3. The fourth-order valence-corrected chi connectivity index (χ4v) is 2.79. The molecule has 0 aliphatic carbocycles. The number of carbonyl (C=O) groups excluding carboxylic acids is 2. The van der Waals surface area contributed by atoms with Crippen LogP contribution in [0.5, 0.6) is 0 Å². The molecule has 2 amide bonds. The molecule has 2 rings (SSSR count). The van der Waals surface area contributed by atoms with Crippen LogP contribution in [0.2, 0.25) is 0 Å². The number of rotatable bonds is 4. The Morgan fingerprint density at radius 1 is 1.29 bits per heavy atom. The number of H-pyrrole nitrogens is 1. The lowest BCUT2D eigenvalue weighted by atomic mass is 10.1. The quantitative estimate of drug-likeness (QED) is 0.614. The van der Waals surface area contributed by atoms with Crippen LogP contribution in [-0.4, -0.2) is 51.9 Å². The maximum atomic E-state index is 12.5. The van der Waals surface area contributed by atoms with Gasteiger partial charge in [0.2, 0.25) is 5.91 Å². The number of hydrogen-bond acceptors (Lipinski definition) is 5. The summed E-state index contributed by atoms with van der Waals surface area (Å²) in [5, 5.41) is 3.30. The van der Waals surface area contributed by atoms with E-state index < -0.39 is 17.2 Å². The standard InChI is InChI=1S/C15H23N5O4/c1-9-5-17-6-10(2)20(7-9)12(21)3-4-19-8-11(13(16)22)14(23)18-15(19)24/h8-10,17H,3-7H2,1-2H3,(H2,16,22)(H,18,23,24). The van der Waals surface area contributed by atoms with Gasteiger partial charge in [0.15, 0.2) is 0 Å². The molecule has 0 saturated carbocycles. The smallest absolute Gasteiger partial charge is 0.328 e. The largest absolute Gasteiger partial charge is 0.365 e. The highest BCUT2D eigenvalue weighted by Crippen LogP contribution is 2.10. The SMILES string of the molecule is CC1CNCC(C)N(C(=O)CCn2cc(C(N)=O)c(=O)[nH]c2=O)C1. The maximum Gasteiger partial charge on any atom is 0.328 e. The molecule has 1 aromatic rings. The van der Waals surface area contributed by atoms with Gasteiger partial charge in [-0.3, -0.25) is 23.9 Å². The van der Waals surface area contributed by atoms with E-state index in [9.17, 15) is 19.2 Å². The van der Waals surface area contributed by atoms with Gasteiger partial charge in [-0.15, -0.1) is 0 Å². The fraction of sp³-hybridized carbons (Fsp3) is 0.600. The Balaban J connectivity index is 2.11. The zero-order valence-electron chi connectivity index (χ0n) is 13.9. The van der Waals surface area contributed by atoms with Gasteiger partial charge in [-0.2, -0.15) is 0 Å². The Morgan fingerprint density at radius 2 is 2.00 bits per heavy atom. The van der Waals surface area contributed by atoms with Crippen molar-refractivity contribution >= 4 is 11.8 Å². The van der Waals surface area contributed by atoms with Crippen LogP contribution in [0, 0.1) is 5.92 Å². The van der Waals surface area contributed by atoms with Crippen LogP contribution >= 0.6 is 0 Å². The number of carbonyl (C=O) groups is 2. The fourth-order valence-electron chi connectivity index (χ4n) is 2.79. The van der Waals surface area contributed by atoms with Crippen molar-refractivity contribution in [2.75, 3.05) is 19.6 Å². The minimum absolute atomic E-state index is 0.0657. The lowest BCUT2D eigenvalue weighted by Crippen LogP contribution is -2.43. The minimum Gasteiger partial charge on any atom is -0.365 e. The van der Waals surface area contributed by atoms with Gasteiger partial charge in [-0.05, 0) is 19.4 Å². The molecule has 0 aromatic carbocycles. The van der Waals surface area contributed by atoms with Gasteiger partial charge in [0, 0.05) is 38.3 Å². The predicted octanol–water partition coefficient (Wildman–Crippen LogP) is -1.52. The lowest BCUT2D eigenvalue weighted by Gasteiger charge is -2.28. The average molecular weight is 337 g/mol. The van der Waals surface area contributed by atoms with Crippen molar-refractivity contribution in [3.8, 4) is 0 Å².